The van der Waals surface area contributed by atoms with Crippen LogP contribution in [-0.4, -0.2) is 17.2 Å². The first-order valence-electron chi connectivity index (χ1n) is 6.21. The lowest BCUT2D eigenvalue weighted by molar-refractivity contribution is -0.384. The van der Waals surface area contributed by atoms with Gasteiger partial charge in [0.05, 0.1) is 16.9 Å². The van der Waals surface area contributed by atoms with Crippen LogP contribution in [0, 0.1) is 17.0 Å². The maximum Gasteiger partial charge on any atom is 0.269 e. The summed E-state index contributed by atoms with van der Waals surface area (Å²) in [6.07, 6.45) is 1.27. The van der Waals surface area contributed by atoms with E-state index < -0.39 is 4.92 Å². The summed E-state index contributed by atoms with van der Waals surface area (Å²) in [5, 5.41) is 13.0. The van der Waals surface area contributed by atoms with E-state index in [-0.39, 0.29) is 11.6 Å². The average molecular weight is 283 g/mol. The van der Waals surface area contributed by atoms with E-state index in [1.807, 2.05) is 19.1 Å². The van der Waals surface area contributed by atoms with Crippen LogP contribution < -0.4 is 5.32 Å². The number of nitro groups is 1. The molecule has 0 spiro atoms. The summed E-state index contributed by atoms with van der Waals surface area (Å²) in [6, 6.07) is 12.9. The molecule has 0 aliphatic carbocycles. The van der Waals surface area contributed by atoms with Gasteiger partial charge in [0.1, 0.15) is 0 Å². The van der Waals surface area contributed by atoms with Crippen molar-refractivity contribution < 1.29 is 9.72 Å². The molecular weight excluding hydrogens is 270 g/mol. The molecule has 106 valence electrons. The highest BCUT2D eigenvalue weighted by Crippen LogP contribution is 2.17. The number of hydrogen-bond acceptors (Lipinski definition) is 4. The second-order valence-corrected chi connectivity index (χ2v) is 4.37. The van der Waals surface area contributed by atoms with E-state index in [1.54, 1.807) is 12.1 Å². The van der Waals surface area contributed by atoms with E-state index in [2.05, 4.69) is 10.3 Å². The average Bonchev–Trinajstić information content (AvgIpc) is 2.48. The van der Waals surface area contributed by atoms with Gasteiger partial charge < -0.3 is 5.32 Å². The smallest absolute Gasteiger partial charge is 0.269 e. The first-order valence-corrected chi connectivity index (χ1v) is 6.21. The van der Waals surface area contributed by atoms with Crippen molar-refractivity contribution in [1.82, 2.24) is 5.32 Å². The Balaban J connectivity index is 1.97. The van der Waals surface area contributed by atoms with Crippen molar-refractivity contribution in [3.05, 3.63) is 69.8 Å². The fraction of sp³-hybridized carbons (Fsp3) is 0.0667. The summed E-state index contributed by atoms with van der Waals surface area (Å²) in [5.74, 6) is -0.263. The molecule has 0 atom stereocenters. The van der Waals surface area contributed by atoms with Gasteiger partial charge in [0.15, 0.2) is 0 Å². The Kier molecular flexibility index (Phi) is 4.40. The zero-order valence-electron chi connectivity index (χ0n) is 11.3. The summed E-state index contributed by atoms with van der Waals surface area (Å²) in [7, 11) is 0. The lowest BCUT2D eigenvalue weighted by Crippen LogP contribution is -2.21. The highest BCUT2D eigenvalue weighted by molar-refractivity contribution is 6.00. The molecule has 6 nitrogen and oxygen atoms in total. The minimum absolute atomic E-state index is 0.00218. The molecule has 1 N–H and O–H groups in total. The summed E-state index contributed by atoms with van der Waals surface area (Å²) >= 11 is 0. The molecule has 0 aliphatic heterocycles. The van der Waals surface area contributed by atoms with Gasteiger partial charge in [0.2, 0.25) is 0 Å². The van der Waals surface area contributed by atoms with Gasteiger partial charge in [-0.15, -0.1) is 0 Å². The number of nitrogens with zero attached hydrogens (tertiary/aromatic N) is 2. The number of carbonyl (C=O) groups is 1. The third-order valence-corrected chi connectivity index (χ3v) is 2.78. The number of non-ortho nitro benzene ring substituents is 1. The molecule has 2 rings (SSSR count). The quantitative estimate of drug-likeness (QED) is 0.405. The largest absolute Gasteiger partial charge is 0.313 e. The Morgan fingerprint density at radius 3 is 2.33 bits per heavy atom. The number of aryl methyl sites for hydroxylation is 1. The third-order valence-electron chi connectivity index (χ3n) is 2.78. The van der Waals surface area contributed by atoms with Crippen LogP contribution in [0.5, 0.6) is 0 Å². The van der Waals surface area contributed by atoms with Gasteiger partial charge in [-0.2, -0.15) is 0 Å². The zero-order chi connectivity index (χ0) is 15.2. The highest BCUT2D eigenvalue weighted by Gasteiger charge is 2.04. The van der Waals surface area contributed by atoms with Crippen molar-refractivity contribution >= 4 is 23.6 Å². The van der Waals surface area contributed by atoms with E-state index in [1.165, 1.54) is 30.6 Å². The Labute approximate surface area is 121 Å². The van der Waals surface area contributed by atoms with E-state index >= 15 is 0 Å². The van der Waals surface area contributed by atoms with Crippen LogP contribution in [0.4, 0.5) is 11.4 Å². The lowest BCUT2D eigenvalue weighted by Gasteiger charge is -2.00. The maximum absolute atomic E-state index is 11.8. The van der Waals surface area contributed by atoms with Crippen LogP contribution in [0.2, 0.25) is 0 Å². The number of aliphatic imine (C=N–C) groups is 1. The topological polar surface area (TPSA) is 84.6 Å². The molecule has 0 saturated carbocycles. The van der Waals surface area contributed by atoms with Crippen LogP contribution in [-0.2, 0) is 0 Å². The molecule has 0 saturated heterocycles. The molecule has 0 heterocycles. The standard InChI is InChI=1S/C15H13N3O3/c1-11-2-4-12(5-3-11)15(19)17-10-16-13-6-8-14(9-7-13)18(20)21/h2-10H,1H3,(H,16,17,19). The van der Waals surface area contributed by atoms with Crippen molar-refractivity contribution in [2.45, 2.75) is 6.92 Å². The number of nitrogens with one attached hydrogen (secondary N) is 1. The molecular formula is C15H13N3O3. The number of rotatable bonds is 4. The molecule has 2 aromatic carbocycles. The van der Waals surface area contributed by atoms with Crippen LogP contribution in [0.3, 0.4) is 0 Å². The summed E-state index contributed by atoms with van der Waals surface area (Å²) in [6.45, 7) is 1.94. The van der Waals surface area contributed by atoms with Crippen molar-refractivity contribution in [1.29, 1.82) is 0 Å². The number of hydrogen-bond donors (Lipinski definition) is 1. The van der Waals surface area contributed by atoms with E-state index in [0.29, 0.717) is 11.3 Å². The van der Waals surface area contributed by atoms with Gasteiger partial charge in [-0.1, -0.05) is 17.7 Å². The Bertz CT molecular complexity index is 676. The van der Waals surface area contributed by atoms with Crippen molar-refractivity contribution in [3.8, 4) is 0 Å². The van der Waals surface area contributed by atoms with Crippen LogP contribution in [0.25, 0.3) is 0 Å². The minimum Gasteiger partial charge on any atom is -0.313 e. The minimum atomic E-state index is -0.480. The molecule has 0 radical (unpaired) electrons. The fourth-order valence-corrected chi connectivity index (χ4v) is 1.61. The van der Waals surface area contributed by atoms with E-state index in [0.717, 1.165) is 5.56 Å². The molecule has 0 fully saturated rings. The van der Waals surface area contributed by atoms with Gasteiger partial charge in [-0.25, -0.2) is 4.99 Å². The van der Waals surface area contributed by atoms with Gasteiger partial charge >= 0.3 is 0 Å². The predicted molar refractivity (Wildman–Crippen MR) is 79.9 cm³/mol. The molecule has 0 aliphatic rings. The van der Waals surface area contributed by atoms with Crippen LogP contribution in [0.15, 0.2) is 53.5 Å². The Morgan fingerprint density at radius 1 is 1.14 bits per heavy atom. The first-order chi connectivity index (χ1) is 10.1. The van der Waals surface area contributed by atoms with Gasteiger partial charge in [-0.3, -0.25) is 14.9 Å². The lowest BCUT2D eigenvalue weighted by atomic mass is 10.1. The number of benzene rings is 2. The van der Waals surface area contributed by atoms with Crippen molar-refractivity contribution in [3.63, 3.8) is 0 Å². The van der Waals surface area contributed by atoms with Crippen molar-refractivity contribution in [2.24, 2.45) is 4.99 Å². The molecule has 2 aromatic rings. The van der Waals surface area contributed by atoms with Gasteiger partial charge in [0, 0.05) is 17.7 Å². The molecule has 1 amide bonds. The second-order valence-electron chi connectivity index (χ2n) is 4.37. The zero-order valence-corrected chi connectivity index (χ0v) is 11.3. The monoisotopic (exact) mass is 283 g/mol. The third kappa shape index (κ3) is 3.97. The fourth-order valence-electron chi connectivity index (χ4n) is 1.61. The number of amides is 1. The molecule has 0 unspecified atom stereocenters. The molecule has 6 heteroatoms. The number of nitro benzene ring substituents is 1. The normalized spacial score (nSPS) is 10.5. The summed E-state index contributed by atoms with van der Waals surface area (Å²) in [5.41, 5.74) is 2.13. The second kappa shape index (κ2) is 6.42. The van der Waals surface area contributed by atoms with Crippen LogP contribution >= 0.6 is 0 Å². The Morgan fingerprint density at radius 2 is 1.76 bits per heavy atom. The summed E-state index contributed by atoms with van der Waals surface area (Å²) in [4.78, 5) is 25.8. The number of carbonyl (C=O) groups excluding carboxylic acids is 1. The molecule has 0 aromatic heterocycles. The highest BCUT2D eigenvalue weighted by atomic mass is 16.6. The summed E-state index contributed by atoms with van der Waals surface area (Å²) < 4.78 is 0. The van der Waals surface area contributed by atoms with Crippen LogP contribution in [0.1, 0.15) is 15.9 Å². The molecule has 0 bridgehead atoms. The van der Waals surface area contributed by atoms with E-state index in [9.17, 15) is 14.9 Å². The van der Waals surface area contributed by atoms with Gasteiger partial charge in [0.25, 0.3) is 11.6 Å². The van der Waals surface area contributed by atoms with Crippen molar-refractivity contribution in [2.75, 3.05) is 0 Å². The SMILES string of the molecule is Cc1ccc(C(=O)NC=Nc2ccc([N+](=O)[O-])cc2)cc1. The predicted octanol–water partition coefficient (Wildman–Crippen LogP) is 2.99. The molecule has 21 heavy (non-hydrogen) atoms. The first kappa shape index (κ1) is 14.4. The van der Waals surface area contributed by atoms with Gasteiger partial charge in [-0.05, 0) is 31.2 Å². The maximum atomic E-state index is 11.8. The Hall–Kier alpha value is -3.02. The van der Waals surface area contributed by atoms with E-state index in [4.69, 9.17) is 0 Å².